The van der Waals surface area contributed by atoms with Crippen LogP contribution in [0.25, 0.3) is 0 Å². The van der Waals surface area contributed by atoms with E-state index in [2.05, 4.69) is 14.2 Å². The molecule has 2 rings (SSSR count). The Balaban J connectivity index is 2.44. The van der Waals surface area contributed by atoms with Crippen LogP contribution in [-0.2, 0) is 19.5 Å². The van der Waals surface area contributed by atoms with Crippen molar-refractivity contribution in [2.75, 3.05) is 18.9 Å². The van der Waals surface area contributed by atoms with Crippen LogP contribution in [0.3, 0.4) is 0 Å². The van der Waals surface area contributed by atoms with Crippen LogP contribution in [0.4, 0.5) is 5.69 Å². The van der Waals surface area contributed by atoms with E-state index in [4.69, 9.17) is 11.6 Å². The zero-order valence-electron chi connectivity index (χ0n) is 14.2. The zero-order valence-corrected chi connectivity index (χ0v) is 15.8. The van der Waals surface area contributed by atoms with Gasteiger partial charge in [-0.2, -0.15) is 0 Å². The average molecular weight is 398 g/mol. The summed E-state index contributed by atoms with van der Waals surface area (Å²) in [4.78, 5) is 23.2. The summed E-state index contributed by atoms with van der Waals surface area (Å²) in [6.45, 7) is 1.66. The van der Waals surface area contributed by atoms with Gasteiger partial charge in [0.15, 0.2) is 0 Å². The summed E-state index contributed by atoms with van der Waals surface area (Å²) >= 11 is 6.01. The maximum atomic E-state index is 12.6. The van der Waals surface area contributed by atoms with Crippen LogP contribution in [0.1, 0.15) is 26.3 Å². The summed E-state index contributed by atoms with van der Waals surface area (Å²) < 4.78 is 36.8. The molecule has 9 heteroatoms. The first-order chi connectivity index (χ1) is 12.2. The smallest absolute Gasteiger partial charge is 0.338 e. The number of hydrogen-bond donors (Lipinski definition) is 1. The fourth-order valence-corrected chi connectivity index (χ4v) is 3.47. The molecule has 2 aromatic carbocycles. The molecule has 0 unspecified atom stereocenters. The quantitative estimate of drug-likeness (QED) is 0.778. The molecule has 0 fully saturated rings. The first kappa shape index (κ1) is 19.7. The van der Waals surface area contributed by atoms with Crippen LogP contribution in [0.2, 0.25) is 5.02 Å². The van der Waals surface area contributed by atoms with Crippen molar-refractivity contribution in [1.82, 2.24) is 0 Å². The molecule has 0 radical (unpaired) electrons. The van der Waals surface area contributed by atoms with Crippen molar-refractivity contribution in [2.45, 2.75) is 11.8 Å². The molecular formula is C17H16ClNO6S. The molecule has 0 heterocycles. The standard InChI is InChI=1S/C17H16ClNO6S/c1-10-4-6-12(9-13(10)17(21)25-3)26(22,23)19-15-8-11(16(20)24-2)5-7-14(15)18/h4-9,19H,1-3H3. The third-order valence-corrected chi connectivity index (χ3v) is 5.25. The predicted octanol–water partition coefficient (Wildman–Crippen LogP) is 3.02. The molecule has 0 amide bonds. The third kappa shape index (κ3) is 4.14. The van der Waals surface area contributed by atoms with Gasteiger partial charge in [-0.25, -0.2) is 18.0 Å². The lowest BCUT2D eigenvalue weighted by atomic mass is 10.1. The van der Waals surface area contributed by atoms with Crippen molar-refractivity contribution in [3.63, 3.8) is 0 Å². The lowest BCUT2D eigenvalue weighted by Gasteiger charge is -2.12. The zero-order chi connectivity index (χ0) is 19.5. The van der Waals surface area contributed by atoms with E-state index < -0.39 is 22.0 Å². The van der Waals surface area contributed by atoms with Gasteiger partial charge in [0.05, 0.1) is 41.0 Å². The Kier molecular flexibility index (Phi) is 5.89. The predicted molar refractivity (Wildman–Crippen MR) is 96.1 cm³/mol. The number of sulfonamides is 1. The van der Waals surface area contributed by atoms with Gasteiger partial charge in [-0.05, 0) is 42.8 Å². The number of methoxy groups -OCH3 is 2. The second kappa shape index (κ2) is 7.76. The van der Waals surface area contributed by atoms with E-state index in [1.807, 2.05) is 0 Å². The highest BCUT2D eigenvalue weighted by Gasteiger charge is 2.20. The third-order valence-electron chi connectivity index (χ3n) is 3.56. The highest BCUT2D eigenvalue weighted by atomic mass is 35.5. The Hall–Kier alpha value is -2.58. The largest absolute Gasteiger partial charge is 0.465 e. The van der Waals surface area contributed by atoms with Gasteiger partial charge in [0.2, 0.25) is 0 Å². The molecule has 2 aromatic rings. The van der Waals surface area contributed by atoms with Gasteiger partial charge in [0, 0.05) is 0 Å². The molecule has 0 saturated carbocycles. The number of ether oxygens (including phenoxy) is 2. The number of nitrogens with one attached hydrogen (secondary N) is 1. The lowest BCUT2D eigenvalue weighted by molar-refractivity contribution is 0.0591. The van der Waals surface area contributed by atoms with E-state index in [1.54, 1.807) is 6.92 Å². The number of carbonyl (C=O) groups excluding carboxylic acids is 2. The highest BCUT2D eigenvalue weighted by Crippen LogP contribution is 2.27. The van der Waals surface area contributed by atoms with Gasteiger partial charge >= 0.3 is 11.9 Å². The maximum absolute atomic E-state index is 12.6. The summed E-state index contributed by atoms with van der Waals surface area (Å²) in [6, 6.07) is 8.10. The Labute approximate surface area is 155 Å². The van der Waals surface area contributed by atoms with E-state index in [1.165, 1.54) is 50.6 Å². The SMILES string of the molecule is COC(=O)c1ccc(Cl)c(NS(=O)(=O)c2ccc(C)c(C(=O)OC)c2)c1. The fourth-order valence-electron chi connectivity index (χ4n) is 2.15. The van der Waals surface area contributed by atoms with E-state index in [9.17, 15) is 18.0 Å². The van der Waals surface area contributed by atoms with Gasteiger partial charge < -0.3 is 9.47 Å². The molecule has 26 heavy (non-hydrogen) atoms. The Morgan fingerprint density at radius 3 is 2.27 bits per heavy atom. The summed E-state index contributed by atoms with van der Waals surface area (Å²) in [5, 5.41) is 0.0986. The maximum Gasteiger partial charge on any atom is 0.338 e. The van der Waals surface area contributed by atoms with Gasteiger partial charge in [-0.3, -0.25) is 4.72 Å². The number of rotatable bonds is 5. The van der Waals surface area contributed by atoms with Gasteiger partial charge in [-0.1, -0.05) is 17.7 Å². The minimum Gasteiger partial charge on any atom is -0.465 e. The van der Waals surface area contributed by atoms with Crippen molar-refractivity contribution >= 4 is 39.3 Å². The molecule has 0 bridgehead atoms. The molecular weight excluding hydrogens is 382 g/mol. The summed E-state index contributed by atoms with van der Waals surface area (Å²) in [7, 11) is -1.64. The minimum atomic E-state index is -4.06. The van der Waals surface area contributed by atoms with Gasteiger partial charge in [0.1, 0.15) is 0 Å². The van der Waals surface area contributed by atoms with Crippen LogP contribution < -0.4 is 4.72 Å². The molecule has 0 aliphatic heterocycles. The minimum absolute atomic E-state index is 0.00904. The molecule has 0 aromatic heterocycles. The number of carbonyl (C=O) groups is 2. The monoisotopic (exact) mass is 397 g/mol. The van der Waals surface area contributed by atoms with Crippen LogP contribution >= 0.6 is 11.6 Å². The van der Waals surface area contributed by atoms with Crippen molar-refractivity contribution in [1.29, 1.82) is 0 Å². The molecule has 0 spiro atoms. The number of aryl methyl sites for hydroxylation is 1. The highest BCUT2D eigenvalue weighted by molar-refractivity contribution is 7.92. The second-order valence-electron chi connectivity index (χ2n) is 5.26. The average Bonchev–Trinajstić information content (AvgIpc) is 2.62. The van der Waals surface area contributed by atoms with Crippen molar-refractivity contribution in [3.8, 4) is 0 Å². The van der Waals surface area contributed by atoms with Crippen molar-refractivity contribution in [2.24, 2.45) is 0 Å². The van der Waals surface area contributed by atoms with Gasteiger partial charge in [0.25, 0.3) is 10.0 Å². The number of anilines is 1. The van der Waals surface area contributed by atoms with Crippen molar-refractivity contribution < 1.29 is 27.5 Å². The normalized spacial score (nSPS) is 10.9. The molecule has 138 valence electrons. The van der Waals surface area contributed by atoms with Crippen LogP contribution in [-0.4, -0.2) is 34.6 Å². The summed E-state index contributed by atoms with van der Waals surface area (Å²) in [5.74, 6) is -1.28. The number of esters is 2. The second-order valence-corrected chi connectivity index (χ2v) is 7.35. The Morgan fingerprint density at radius 2 is 1.65 bits per heavy atom. The number of hydrogen-bond acceptors (Lipinski definition) is 6. The van der Waals surface area contributed by atoms with E-state index in [0.717, 1.165) is 0 Å². The van der Waals surface area contributed by atoms with Crippen LogP contribution in [0, 0.1) is 6.92 Å². The number of halogens is 1. The molecule has 0 aliphatic rings. The summed E-state index contributed by atoms with van der Waals surface area (Å²) in [6.07, 6.45) is 0. The Morgan fingerprint density at radius 1 is 1.00 bits per heavy atom. The molecule has 0 atom stereocenters. The van der Waals surface area contributed by atoms with E-state index in [0.29, 0.717) is 5.56 Å². The van der Waals surface area contributed by atoms with Crippen LogP contribution in [0.5, 0.6) is 0 Å². The van der Waals surface area contributed by atoms with Gasteiger partial charge in [-0.15, -0.1) is 0 Å². The summed E-state index contributed by atoms with van der Waals surface area (Å²) in [5.41, 5.74) is 0.842. The van der Waals surface area contributed by atoms with E-state index >= 15 is 0 Å². The fraction of sp³-hybridized carbons (Fsp3) is 0.176. The van der Waals surface area contributed by atoms with Crippen molar-refractivity contribution in [3.05, 3.63) is 58.1 Å². The topological polar surface area (TPSA) is 98.8 Å². The number of benzene rings is 2. The Bertz CT molecular complexity index is 971. The molecule has 7 nitrogen and oxygen atoms in total. The molecule has 0 saturated heterocycles. The lowest BCUT2D eigenvalue weighted by Crippen LogP contribution is -2.15. The molecule has 1 N–H and O–H groups in total. The first-order valence-corrected chi connectivity index (χ1v) is 9.15. The van der Waals surface area contributed by atoms with Crippen LogP contribution in [0.15, 0.2) is 41.3 Å². The first-order valence-electron chi connectivity index (χ1n) is 7.29. The molecule has 0 aliphatic carbocycles. The van der Waals surface area contributed by atoms with E-state index in [-0.39, 0.29) is 26.7 Å².